The largest absolute Gasteiger partial charge is 0.485 e. The molecule has 1 fully saturated rings. The molecule has 6 nitrogen and oxygen atoms in total. The summed E-state index contributed by atoms with van der Waals surface area (Å²) in [5.41, 5.74) is 3.42. The Morgan fingerprint density at radius 3 is 2.13 bits per heavy atom. The molecule has 2 aliphatic rings. The van der Waals surface area contributed by atoms with Crippen molar-refractivity contribution in [1.82, 2.24) is 0 Å². The first-order valence-electron chi connectivity index (χ1n) is 10.1. The molecule has 0 atom stereocenters. The summed E-state index contributed by atoms with van der Waals surface area (Å²) in [5, 5.41) is 0. The molecule has 3 aromatic carbocycles. The average Bonchev–Trinajstić information content (AvgIpc) is 3.64. The van der Waals surface area contributed by atoms with Crippen molar-refractivity contribution in [3.8, 4) is 11.5 Å². The molecule has 5 rings (SSSR count). The quantitative estimate of drug-likeness (QED) is 0.572. The average molecular weight is 440 g/mol. The van der Waals surface area contributed by atoms with Gasteiger partial charge in [0.05, 0.1) is 31.7 Å². The van der Waals surface area contributed by atoms with Crippen LogP contribution in [0, 0.1) is 0 Å². The highest BCUT2D eigenvalue weighted by molar-refractivity contribution is 7.92. The molecule has 3 aromatic rings. The predicted octanol–water partition coefficient (Wildman–Crippen LogP) is 4.14. The third kappa shape index (κ3) is 5.77. The number of hydrogen-bond acceptors (Lipinski definition) is 5. The van der Waals surface area contributed by atoms with E-state index in [0.717, 1.165) is 29.9 Å². The first-order valence-corrected chi connectivity index (χ1v) is 11.9. The molecule has 0 spiro atoms. The summed E-state index contributed by atoms with van der Waals surface area (Å²) in [6, 6.07) is 22.8. The molecular weight excluding hydrogens is 414 g/mol. The van der Waals surface area contributed by atoms with Gasteiger partial charge in [0.1, 0.15) is 13.2 Å². The lowest BCUT2D eigenvalue weighted by atomic mass is 10.1. The number of rotatable bonds is 4. The van der Waals surface area contributed by atoms with Gasteiger partial charge in [-0.15, -0.1) is 0 Å². The maximum absolute atomic E-state index is 12.6. The van der Waals surface area contributed by atoms with Gasteiger partial charge >= 0.3 is 0 Å². The highest BCUT2D eigenvalue weighted by atomic mass is 32.2. The van der Waals surface area contributed by atoms with Crippen molar-refractivity contribution >= 4 is 15.7 Å². The number of epoxide rings is 1. The smallest absolute Gasteiger partial charge is 0.232 e. The lowest BCUT2D eigenvalue weighted by Crippen LogP contribution is -2.29. The van der Waals surface area contributed by atoms with Gasteiger partial charge in [0.2, 0.25) is 10.0 Å². The fraction of sp³-hybridized carbons (Fsp3) is 0.250. The Kier molecular flexibility index (Phi) is 6.44. The van der Waals surface area contributed by atoms with Crippen LogP contribution in [0.1, 0.15) is 16.7 Å². The van der Waals surface area contributed by atoms with Gasteiger partial charge in [-0.25, -0.2) is 8.42 Å². The summed E-state index contributed by atoms with van der Waals surface area (Å²) in [6.07, 6.45) is 1.20. The molecule has 0 amide bonds. The van der Waals surface area contributed by atoms with E-state index in [1.165, 1.54) is 10.6 Å². The molecule has 0 aliphatic carbocycles. The molecular formula is C24H25NO5S. The van der Waals surface area contributed by atoms with Crippen molar-refractivity contribution in [3.05, 3.63) is 89.5 Å². The second-order valence-electron chi connectivity index (χ2n) is 7.37. The zero-order chi connectivity index (χ0) is 21.7. The zero-order valence-corrected chi connectivity index (χ0v) is 18.2. The number of nitrogens with zero attached hydrogens (tertiary/aromatic N) is 1. The molecule has 0 aromatic heterocycles. The Morgan fingerprint density at radius 2 is 1.48 bits per heavy atom. The van der Waals surface area contributed by atoms with Gasteiger partial charge in [-0.2, -0.15) is 0 Å². The standard InChI is InChI=1S/C22H21NO4S.C2H4O/c1-28(24,25)23(14-17-7-3-2-4-8-17)20-11-6-12-21-22(20)27-16-19-10-5-9-18(13-19)15-26-21;1-2-3-1/h2-13H,14-16H2,1H3;1-2H2. The summed E-state index contributed by atoms with van der Waals surface area (Å²) in [7, 11) is -3.54. The van der Waals surface area contributed by atoms with E-state index >= 15 is 0 Å². The summed E-state index contributed by atoms with van der Waals surface area (Å²) < 4.78 is 43.1. The molecule has 0 N–H and O–H groups in total. The van der Waals surface area contributed by atoms with Crippen molar-refractivity contribution in [3.63, 3.8) is 0 Å². The van der Waals surface area contributed by atoms with Crippen LogP contribution in [0.2, 0.25) is 0 Å². The fourth-order valence-electron chi connectivity index (χ4n) is 3.22. The van der Waals surface area contributed by atoms with Crippen molar-refractivity contribution in [2.24, 2.45) is 0 Å². The minimum atomic E-state index is -3.54. The van der Waals surface area contributed by atoms with E-state index in [1.54, 1.807) is 18.2 Å². The maximum atomic E-state index is 12.6. The summed E-state index contributed by atoms with van der Waals surface area (Å²) in [4.78, 5) is 0. The lowest BCUT2D eigenvalue weighted by molar-refractivity contribution is 0.262. The SMILES string of the molecule is C1CO1.CS(=O)(=O)N(Cc1ccccc1)c1cccc2c1OCc1cccc(c1)CO2. The van der Waals surface area contributed by atoms with Gasteiger partial charge < -0.3 is 14.2 Å². The van der Waals surface area contributed by atoms with Crippen LogP contribution in [0.5, 0.6) is 11.5 Å². The van der Waals surface area contributed by atoms with Crippen molar-refractivity contribution in [2.75, 3.05) is 23.8 Å². The van der Waals surface area contributed by atoms with Crippen LogP contribution in [0.25, 0.3) is 0 Å². The van der Waals surface area contributed by atoms with Crippen molar-refractivity contribution in [2.45, 2.75) is 19.8 Å². The highest BCUT2D eigenvalue weighted by Crippen LogP contribution is 2.40. The number of fused-ring (bicyclic) bond motifs is 3. The fourth-order valence-corrected chi connectivity index (χ4v) is 4.10. The lowest BCUT2D eigenvalue weighted by Gasteiger charge is -2.26. The normalized spacial score (nSPS) is 14.2. The second kappa shape index (κ2) is 9.41. The highest BCUT2D eigenvalue weighted by Gasteiger charge is 2.25. The number of hydrogen-bond donors (Lipinski definition) is 0. The summed E-state index contributed by atoms with van der Waals surface area (Å²) in [5.74, 6) is 0.966. The number of ether oxygens (including phenoxy) is 3. The summed E-state index contributed by atoms with van der Waals surface area (Å²) in [6.45, 7) is 2.95. The molecule has 162 valence electrons. The van der Waals surface area contributed by atoms with Gasteiger partial charge in [0, 0.05) is 0 Å². The van der Waals surface area contributed by atoms with Gasteiger partial charge in [-0.3, -0.25) is 4.31 Å². The molecule has 0 saturated carbocycles. The van der Waals surface area contributed by atoms with Gasteiger partial charge in [0.15, 0.2) is 11.5 Å². The number of anilines is 1. The van der Waals surface area contributed by atoms with Crippen LogP contribution < -0.4 is 13.8 Å². The Labute approximate surface area is 183 Å². The van der Waals surface area contributed by atoms with Crippen LogP contribution in [0.4, 0.5) is 5.69 Å². The molecule has 2 aliphatic heterocycles. The summed E-state index contributed by atoms with van der Waals surface area (Å²) >= 11 is 0. The topological polar surface area (TPSA) is 68.4 Å². The molecule has 0 unspecified atom stereocenters. The van der Waals surface area contributed by atoms with Crippen LogP contribution in [0.3, 0.4) is 0 Å². The molecule has 31 heavy (non-hydrogen) atoms. The maximum Gasteiger partial charge on any atom is 0.232 e. The molecule has 2 heterocycles. The van der Waals surface area contributed by atoms with E-state index in [2.05, 4.69) is 4.74 Å². The van der Waals surface area contributed by atoms with Crippen LogP contribution in [-0.2, 0) is 34.5 Å². The van der Waals surface area contributed by atoms with Crippen LogP contribution >= 0.6 is 0 Å². The monoisotopic (exact) mass is 439 g/mol. The van der Waals surface area contributed by atoms with E-state index in [-0.39, 0.29) is 6.54 Å². The van der Waals surface area contributed by atoms with Crippen molar-refractivity contribution < 1.29 is 22.6 Å². The van der Waals surface area contributed by atoms with Crippen LogP contribution in [-0.4, -0.2) is 27.9 Å². The Bertz CT molecular complexity index is 1130. The second-order valence-corrected chi connectivity index (χ2v) is 9.28. The van der Waals surface area contributed by atoms with Gasteiger partial charge in [-0.1, -0.05) is 54.6 Å². The Balaban J connectivity index is 0.000000710. The minimum Gasteiger partial charge on any atom is -0.485 e. The van der Waals surface area contributed by atoms with Crippen molar-refractivity contribution in [1.29, 1.82) is 0 Å². The van der Waals surface area contributed by atoms with E-state index < -0.39 is 10.0 Å². The first-order chi connectivity index (χ1) is 15.0. The minimum absolute atomic E-state index is 0.216. The number of sulfonamides is 1. The van der Waals surface area contributed by atoms with Gasteiger partial charge in [-0.05, 0) is 34.9 Å². The Morgan fingerprint density at radius 1 is 0.839 bits per heavy atom. The van der Waals surface area contributed by atoms with E-state index in [1.807, 2.05) is 54.6 Å². The molecule has 1 saturated heterocycles. The molecule has 0 radical (unpaired) electrons. The van der Waals surface area contributed by atoms with Gasteiger partial charge in [0.25, 0.3) is 0 Å². The molecule has 7 heteroatoms. The van der Waals surface area contributed by atoms with E-state index in [4.69, 9.17) is 9.47 Å². The van der Waals surface area contributed by atoms with E-state index in [0.29, 0.717) is 30.4 Å². The number of benzene rings is 3. The Hall–Kier alpha value is -3.03. The predicted molar refractivity (Wildman–Crippen MR) is 120 cm³/mol. The molecule has 2 bridgehead atoms. The third-order valence-corrected chi connectivity index (χ3v) is 5.90. The third-order valence-electron chi connectivity index (χ3n) is 4.77. The zero-order valence-electron chi connectivity index (χ0n) is 17.4. The van der Waals surface area contributed by atoms with E-state index in [9.17, 15) is 8.42 Å². The number of para-hydroxylation sites is 1. The first kappa shape index (κ1) is 21.2. The van der Waals surface area contributed by atoms with Crippen LogP contribution in [0.15, 0.2) is 72.8 Å².